The van der Waals surface area contributed by atoms with Crippen molar-refractivity contribution in [3.05, 3.63) is 53.1 Å². The minimum absolute atomic E-state index is 0.337. The summed E-state index contributed by atoms with van der Waals surface area (Å²) in [6, 6.07) is 11.2. The fourth-order valence-electron chi connectivity index (χ4n) is 2.15. The van der Waals surface area contributed by atoms with E-state index in [4.69, 9.17) is 16.3 Å². The zero-order valence-corrected chi connectivity index (χ0v) is 16.4. The van der Waals surface area contributed by atoms with Crippen LogP contribution in [0.2, 0.25) is 5.02 Å². The Kier molecular flexibility index (Phi) is 6.12. The first-order valence-corrected chi connectivity index (χ1v) is 9.35. The van der Waals surface area contributed by atoms with Gasteiger partial charge in [0.05, 0.1) is 17.8 Å². The minimum Gasteiger partial charge on any atom is -0.495 e. The molecule has 0 heterocycles. The third-order valence-electron chi connectivity index (χ3n) is 3.71. The van der Waals surface area contributed by atoms with Crippen molar-refractivity contribution in [2.45, 2.75) is 0 Å². The number of benzene rings is 2. The van der Waals surface area contributed by atoms with E-state index in [1.165, 1.54) is 28.3 Å². The maximum atomic E-state index is 12.3. The van der Waals surface area contributed by atoms with Crippen LogP contribution in [-0.4, -0.2) is 46.9 Å². The summed E-state index contributed by atoms with van der Waals surface area (Å²) in [5, 5.41) is 3.11. The molecule has 0 unspecified atom stereocenters. The molecule has 0 bridgehead atoms. The van der Waals surface area contributed by atoms with Gasteiger partial charge in [-0.1, -0.05) is 11.6 Å². The molecule has 0 spiro atoms. The summed E-state index contributed by atoms with van der Waals surface area (Å²) in [4.78, 5) is 12.3. The molecule has 2 aromatic carbocycles. The lowest BCUT2D eigenvalue weighted by Crippen LogP contribution is -2.37. The highest BCUT2D eigenvalue weighted by atomic mass is 35.5. The Bertz CT molecular complexity index is 899. The zero-order chi connectivity index (χ0) is 19.5. The molecule has 7 nitrogen and oxygen atoms in total. The lowest BCUT2D eigenvalue weighted by atomic mass is 10.2. The quantitative estimate of drug-likeness (QED) is 0.812. The molecule has 0 aliphatic heterocycles. The number of ether oxygens (including phenoxy) is 1. The zero-order valence-electron chi connectivity index (χ0n) is 14.9. The Balaban J connectivity index is 2.15. The van der Waals surface area contributed by atoms with E-state index < -0.39 is 10.2 Å². The molecule has 0 atom stereocenters. The van der Waals surface area contributed by atoms with Gasteiger partial charge in [-0.2, -0.15) is 12.7 Å². The van der Waals surface area contributed by atoms with Gasteiger partial charge < -0.3 is 10.1 Å². The molecule has 0 fully saturated rings. The fourth-order valence-corrected chi connectivity index (χ4v) is 3.28. The van der Waals surface area contributed by atoms with Gasteiger partial charge in [-0.15, -0.1) is 0 Å². The average molecular weight is 398 g/mol. The van der Waals surface area contributed by atoms with Crippen LogP contribution in [0.1, 0.15) is 10.4 Å². The first-order valence-electron chi connectivity index (χ1n) is 7.58. The van der Waals surface area contributed by atoms with Crippen LogP contribution < -0.4 is 14.4 Å². The van der Waals surface area contributed by atoms with Gasteiger partial charge >= 0.3 is 10.2 Å². The number of nitrogens with zero attached hydrogens (tertiary/aromatic N) is 2. The first-order chi connectivity index (χ1) is 12.2. The number of carbonyl (C=O) groups excluding carboxylic acids is 1. The van der Waals surface area contributed by atoms with Gasteiger partial charge in [0.15, 0.2) is 0 Å². The molecule has 1 amide bonds. The van der Waals surface area contributed by atoms with E-state index in [0.717, 1.165) is 8.61 Å². The summed E-state index contributed by atoms with van der Waals surface area (Å²) >= 11 is 6.04. The van der Waals surface area contributed by atoms with Gasteiger partial charge in [-0.3, -0.25) is 9.10 Å². The molecule has 140 valence electrons. The van der Waals surface area contributed by atoms with Crippen molar-refractivity contribution in [2.24, 2.45) is 0 Å². The van der Waals surface area contributed by atoms with Crippen molar-refractivity contribution in [2.75, 3.05) is 37.9 Å². The van der Waals surface area contributed by atoms with Gasteiger partial charge in [-0.05, 0) is 42.5 Å². The molecule has 0 saturated heterocycles. The van der Waals surface area contributed by atoms with Crippen molar-refractivity contribution >= 4 is 39.1 Å². The van der Waals surface area contributed by atoms with Gasteiger partial charge in [-0.25, -0.2) is 0 Å². The Morgan fingerprint density at radius 3 is 2.19 bits per heavy atom. The van der Waals surface area contributed by atoms with Crippen LogP contribution in [0.4, 0.5) is 11.4 Å². The standard InChI is InChI=1S/C17H20ClN3O4S/c1-20(2)26(23,24)21(3)14-8-5-12(6-9-14)17(22)19-13-7-10-16(25-4)15(18)11-13/h5-11H,1-4H3,(H,19,22). The molecule has 1 N–H and O–H groups in total. The number of halogens is 1. The number of hydrogen-bond acceptors (Lipinski definition) is 4. The Morgan fingerprint density at radius 2 is 1.69 bits per heavy atom. The second-order valence-corrected chi connectivity index (χ2v) is 8.19. The minimum atomic E-state index is -3.58. The number of methoxy groups -OCH3 is 1. The highest BCUT2D eigenvalue weighted by Gasteiger charge is 2.21. The number of carbonyl (C=O) groups is 1. The molecule has 2 rings (SSSR count). The van der Waals surface area contributed by atoms with Gasteiger partial charge in [0.25, 0.3) is 5.91 Å². The Morgan fingerprint density at radius 1 is 1.08 bits per heavy atom. The normalized spacial score (nSPS) is 11.3. The predicted molar refractivity (Wildman–Crippen MR) is 103 cm³/mol. The SMILES string of the molecule is COc1ccc(NC(=O)c2ccc(N(C)S(=O)(=O)N(C)C)cc2)cc1Cl. The lowest BCUT2D eigenvalue weighted by Gasteiger charge is -2.23. The number of hydrogen-bond donors (Lipinski definition) is 1. The van der Waals surface area contributed by atoms with Crippen LogP contribution in [0.25, 0.3) is 0 Å². The summed E-state index contributed by atoms with van der Waals surface area (Å²) < 4.78 is 31.6. The van der Waals surface area contributed by atoms with Crippen molar-refractivity contribution in [3.63, 3.8) is 0 Å². The summed E-state index contributed by atoms with van der Waals surface area (Å²) in [7, 11) is 2.28. The molecular weight excluding hydrogens is 378 g/mol. The van der Waals surface area contributed by atoms with Crippen molar-refractivity contribution < 1.29 is 17.9 Å². The maximum Gasteiger partial charge on any atom is 0.303 e. The van der Waals surface area contributed by atoms with Crippen molar-refractivity contribution in [1.82, 2.24) is 4.31 Å². The van der Waals surface area contributed by atoms with Crippen LogP contribution in [0.5, 0.6) is 5.75 Å². The van der Waals surface area contributed by atoms with Crippen LogP contribution >= 0.6 is 11.6 Å². The number of anilines is 2. The molecule has 26 heavy (non-hydrogen) atoms. The summed E-state index contributed by atoms with van der Waals surface area (Å²) in [5.74, 6) is 0.176. The van der Waals surface area contributed by atoms with E-state index in [1.54, 1.807) is 42.5 Å². The van der Waals surface area contributed by atoms with E-state index in [2.05, 4.69) is 5.32 Å². The summed E-state index contributed by atoms with van der Waals surface area (Å²) in [6.07, 6.45) is 0. The lowest BCUT2D eigenvalue weighted by molar-refractivity contribution is 0.102. The van der Waals surface area contributed by atoms with Crippen molar-refractivity contribution in [3.8, 4) is 5.75 Å². The largest absolute Gasteiger partial charge is 0.495 e. The summed E-state index contributed by atoms with van der Waals surface area (Å²) in [6.45, 7) is 0. The monoisotopic (exact) mass is 397 g/mol. The molecular formula is C17H20ClN3O4S. The van der Waals surface area contributed by atoms with Crippen LogP contribution in [0.3, 0.4) is 0 Å². The van der Waals surface area contributed by atoms with E-state index in [9.17, 15) is 13.2 Å². The number of amides is 1. The highest BCUT2D eigenvalue weighted by molar-refractivity contribution is 7.90. The topological polar surface area (TPSA) is 79.0 Å². The van der Waals surface area contributed by atoms with Gasteiger partial charge in [0.2, 0.25) is 0 Å². The highest BCUT2D eigenvalue weighted by Crippen LogP contribution is 2.27. The third-order valence-corrected chi connectivity index (χ3v) is 5.83. The molecule has 0 saturated carbocycles. The molecule has 9 heteroatoms. The van der Waals surface area contributed by atoms with Crippen LogP contribution in [0.15, 0.2) is 42.5 Å². The van der Waals surface area contributed by atoms with E-state index >= 15 is 0 Å². The Labute approximate surface area is 158 Å². The first kappa shape index (κ1) is 20.0. The van der Waals surface area contributed by atoms with E-state index in [1.807, 2.05) is 0 Å². The average Bonchev–Trinajstić information content (AvgIpc) is 2.61. The van der Waals surface area contributed by atoms with Crippen molar-refractivity contribution in [1.29, 1.82) is 0 Å². The predicted octanol–water partition coefficient (Wildman–Crippen LogP) is 2.84. The fraction of sp³-hybridized carbons (Fsp3) is 0.235. The molecule has 0 radical (unpaired) electrons. The van der Waals surface area contributed by atoms with Crippen LogP contribution in [0, 0.1) is 0 Å². The third kappa shape index (κ3) is 4.27. The van der Waals surface area contributed by atoms with Crippen LogP contribution in [-0.2, 0) is 10.2 Å². The van der Waals surface area contributed by atoms with E-state index in [0.29, 0.717) is 27.7 Å². The smallest absolute Gasteiger partial charge is 0.303 e. The summed E-state index contributed by atoms with van der Waals surface area (Å²) in [5.41, 5.74) is 1.36. The molecule has 0 aliphatic carbocycles. The van der Waals surface area contributed by atoms with E-state index in [-0.39, 0.29) is 5.91 Å². The van der Waals surface area contributed by atoms with Gasteiger partial charge in [0.1, 0.15) is 5.75 Å². The second kappa shape index (κ2) is 7.94. The Hall–Kier alpha value is -2.29. The molecule has 2 aromatic rings. The number of rotatable bonds is 6. The molecule has 0 aliphatic rings. The molecule has 0 aromatic heterocycles. The number of nitrogens with one attached hydrogen (secondary N) is 1. The maximum absolute atomic E-state index is 12.3. The van der Waals surface area contributed by atoms with Gasteiger partial charge in [0, 0.05) is 32.4 Å². The second-order valence-electron chi connectivity index (χ2n) is 5.61.